The summed E-state index contributed by atoms with van der Waals surface area (Å²) in [4.78, 5) is 9.09. The van der Waals surface area contributed by atoms with Crippen LogP contribution < -0.4 is 5.32 Å². The second-order valence-corrected chi connectivity index (χ2v) is 6.55. The Bertz CT molecular complexity index is 579. The maximum Gasteiger partial charge on any atom is 0.193 e. The first-order chi connectivity index (χ1) is 12.1. The number of nitrogens with zero attached hydrogens (tertiary/aromatic N) is 3. The highest BCUT2D eigenvalue weighted by Crippen LogP contribution is 2.17. The zero-order valence-corrected chi connectivity index (χ0v) is 18.3. The Balaban J connectivity index is 0.00000338. The molecule has 0 amide bonds. The summed E-state index contributed by atoms with van der Waals surface area (Å²) >= 11 is 0. The van der Waals surface area contributed by atoms with Crippen molar-refractivity contribution in [2.75, 3.05) is 46.3 Å². The molecule has 1 aromatic carbocycles. The molecule has 2 rings (SSSR count). The second kappa shape index (κ2) is 11.7. The van der Waals surface area contributed by atoms with Crippen LogP contribution in [0.15, 0.2) is 23.2 Å². The highest BCUT2D eigenvalue weighted by atomic mass is 127. The van der Waals surface area contributed by atoms with Crippen LogP contribution in [0.1, 0.15) is 25.8 Å². The first-order valence-corrected chi connectivity index (χ1v) is 9.19. The molecule has 1 fully saturated rings. The van der Waals surface area contributed by atoms with E-state index in [9.17, 15) is 8.78 Å². The zero-order chi connectivity index (χ0) is 18.2. The molecule has 1 aliphatic heterocycles. The van der Waals surface area contributed by atoms with Gasteiger partial charge in [0.2, 0.25) is 0 Å². The highest BCUT2D eigenvalue weighted by molar-refractivity contribution is 14.0. The number of aliphatic imine (C=N–C) groups is 1. The third kappa shape index (κ3) is 6.64. The Morgan fingerprint density at radius 3 is 2.65 bits per heavy atom. The SMILES string of the molecule is CCN(CC)CC1CCN(C(=NC)NCCc2ccc(F)cc2F)C1.I. The number of benzene rings is 1. The molecular formula is C19H31F2IN4. The smallest absolute Gasteiger partial charge is 0.193 e. The molecule has 1 unspecified atom stereocenters. The fraction of sp³-hybridized carbons (Fsp3) is 0.632. The standard InChI is InChI=1S/C19H30F2N4.HI/c1-4-24(5-2)13-15-9-11-25(14-15)19(22-3)23-10-8-16-6-7-17(20)12-18(16)21;/h6-7,12,15H,4-5,8-11,13-14H2,1-3H3,(H,22,23);1H. The lowest BCUT2D eigenvalue weighted by molar-refractivity contribution is 0.255. The minimum Gasteiger partial charge on any atom is -0.356 e. The van der Waals surface area contributed by atoms with Crippen molar-refractivity contribution >= 4 is 29.9 Å². The summed E-state index contributed by atoms with van der Waals surface area (Å²) in [6.07, 6.45) is 1.67. The largest absolute Gasteiger partial charge is 0.356 e. The monoisotopic (exact) mass is 480 g/mol. The van der Waals surface area contributed by atoms with Gasteiger partial charge in [0.25, 0.3) is 0 Å². The Labute approximate surface area is 173 Å². The number of hydrogen-bond acceptors (Lipinski definition) is 2. The van der Waals surface area contributed by atoms with Crippen molar-refractivity contribution in [2.24, 2.45) is 10.9 Å². The summed E-state index contributed by atoms with van der Waals surface area (Å²) in [5.41, 5.74) is 0.519. The van der Waals surface area contributed by atoms with E-state index in [1.807, 2.05) is 0 Å². The fourth-order valence-electron chi connectivity index (χ4n) is 3.39. The van der Waals surface area contributed by atoms with Crippen molar-refractivity contribution in [1.82, 2.24) is 15.1 Å². The maximum absolute atomic E-state index is 13.7. The van der Waals surface area contributed by atoms with Crippen LogP contribution in [0.3, 0.4) is 0 Å². The van der Waals surface area contributed by atoms with Crippen LogP contribution in [0.2, 0.25) is 0 Å². The van der Waals surface area contributed by atoms with Crippen LogP contribution in [-0.4, -0.2) is 62.1 Å². The minimum absolute atomic E-state index is 0. The topological polar surface area (TPSA) is 30.9 Å². The second-order valence-electron chi connectivity index (χ2n) is 6.55. The molecule has 1 N–H and O–H groups in total. The quantitative estimate of drug-likeness (QED) is 0.369. The van der Waals surface area contributed by atoms with Crippen molar-refractivity contribution < 1.29 is 8.78 Å². The number of halogens is 3. The molecule has 148 valence electrons. The Morgan fingerprint density at radius 2 is 2.04 bits per heavy atom. The van der Waals surface area contributed by atoms with Crippen LogP contribution in [0.4, 0.5) is 8.78 Å². The van der Waals surface area contributed by atoms with Gasteiger partial charge in [-0.15, -0.1) is 24.0 Å². The normalized spacial score (nSPS) is 17.5. The van der Waals surface area contributed by atoms with E-state index in [1.54, 1.807) is 7.05 Å². The van der Waals surface area contributed by atoms with Gasteiger partial charge in [-0.3, -0.25) is 4.99 Å². The maximum atomic E-state index is 13.7. The minimum atomic E-state index is -0.540. The molecule has 0 radical (unpaired) electrons. The van der Waals surface area contributed by atoms with Crippen LogP contribution in [0.5, 0.6) is 0 Å². The Morgan fingerprint density at radius 1 is 1.31 bits per heavy atom. The number of nitrogens with one attached hydrogen (secondary N) is 1. The molecule has 1 saturated heterocycles. The van der Waals surface area contributed by atoms with Crippen molar-refractivity contribution in [3.63, 3.8) is 0 Å². The first kappa shape index (κ1) is 23.1. The third-order valence-corrected chi connectivity index (χ3v) is 4.90. The Kier molecular flexibility index (Phi) is 10.4. The lowest BCUT2D eigenvalue weighted by Gasteiger charge is -2.24. The van der Waals surface area contributed by atoms with E-state index in [1.165, 1.54) is 18.6 Å². The molecule has 0 aliphatic carbocycles. The predicted octanol–water partition coefficient (Wildman–Crippen LogP) is 3.36. The summed E-state index contributed by atoms with van der Waals surface area (Å²) < 4.78 is 26.6. The molecule has 4 nitrogen and oxygen atoms in total. The van der Waals surface area contributed by atoms with Gasteiger partial charge in [0.1, 0.15) is 11.6 Å². The summed E-state index contributed by atoms with van der Waals surface area (Å²) in [6.45, 7) is 10.3. The van der Waals surface area contributed by atoms with Crippen LogP contribution in [-0.2, 0) is 6.42 Å². The van der Waals surface area contributed by atoms with E-state index >= 15 is 0 Å². The fourth-order valence-corrected chi connectivity index (χ4v) is 3.39. The van der Waals surface area contributed by atoms with Gasteiger partial charge < -0.3 is 15.1 Å². The molecular weight excluding hydrogens is 449 g/mol. The predicted molar refractivity (Wildman–Crippen MR) is 114 cm³/mol. The van der Waals surface area contributed by atoms with Gasteiger partial charge in [-0.25, -0.2) is 8.78 Å². The molecule has 1 heterocycles. The molecule has 1 aliphatic rings. The number of guanidine groups is 1. The molecule has 0 saturated carbocycles. The molecule has 1 aromatic rings. The van der Waals surface area contributed by atoms with Crippen molar-refractivity contribution in [1.29, 1.82) is 0 Å². The van der Waals surface area contributed by atoms with Gasteiger partial charge in [-0.1, -0.05) is 19.9 Å². The zero-order valence-electron chi connectivity index (χ0n) is 16.0. The molecule has 7 heteroatoms. The van der Waals surface area contributed by atoms with Crippen molar-refractivity contribution in [3.8, 4) is 0 Å². The van der Waals surface area contributed by atoms with Gasteiger partial charge in [0.05, 0.1) is 0 Å². The van der Waals surface area contributed by atoms with Gasteiger partial charge in [0, 0.05) is 39.3 Å². The molecule has 0 aromatic heterocycles. The highest BCUT2D eigenvalue weighted by Gasteiger charge is 2.25. The van der Waals surface area contributed by atoms with E-state index in [4.69, 9.17) is 0 Å². The van der Waals surface area contributed by atoms with E-state index in [0.29, 0.717) is 24.4 Å². The van der Waals surface area contributed by atoms with Crippen LogP contribution in [0.25, 0.3) is 0 Å². The third-order valence-electron chi connectivity index (χ3n) is 4.90. The summed E-state index contributed by atoms with van der Waals surface area (Å²) in [7, 11) is 1.78. The van der Waals surface area contributed by atoms with E-state index < -0.39 is 11.6 Å². The van der Waals surface area contributed by atoms with Crippen LogP contribution in [0, 0.1) is 17.6 Å². The molecule has 0 spiro atoms. The van der Waals surface area contributed by atoms with Gasteiger partial charge in [-0.05, 0) is 43.5 Å². The Hall–Kier alpha value is -0.960. The van der Waals surface area contributed by atoms with Crippen molar-refractivity contribution in [2.45, 2.75) is 26.7 Å². The van der Waals surface area contributed by atoms with Gasteiger partial charge >= 0.3 is 0 Å². The van der Waals surface area contributed by atoms with E-state index in [0.717, 1.165) is 44.7 Å². The molecule has 0 bridgehead atoms. The average Bonchev–Trinajstić information content (AvgIpc) is 3.06. The average molecular weight is 480 g/mol. The number of rotatable bonds is 7. The van der Waals surface area contributed by atoms with E-state index in [-0.39, 0.29) is 24.0 Å². The number of likely N-dealkylation sites (tertiary alicyclic amines) is 1. The summed E-state index contributed by atoms with van der Waals surface area (Å²) in [5, 5.41) is 3.31. The first-order valence-electron chi connectivity index (χ1n) is 9.19. The van der Waals surface area contributed by atoms with Gasteiger partial charge in [0.15, 0.2) is 5.96 Å². The van der Waals surface area contributed by atoms with Crippen LogP contribution >= 0.6 is 24.0 Å². The molecule has 26 heavy (non-hydrogen) atoms. The lowest BCUT2D eigenvalue weighted by Crippen LogP contribution is -2.41. The van der Waals surface area contributed by atoms with Crippen molar-refractivity contribution in [3.05, 3.63) is 35.4 Å². The summed E-state index contributed by atoms with van der Waals surface area (Å²) in [6, 6.07) is 3.74. The summed E-state index contributed by atoms with van der Waals surface area (Å²) in [5.74, 6) is 0.496. The number of hydrogen-bond donors (Lipinski definition) is 1. The van der Waals surface area contributed by atoms with Gasteiger partial charge in [-0.2, -0.15) is 0 Å². The van der Waals surface area contributed by atoms with E-state index in [2.05, 4.69) is 34.0 Å². The molecule has 1 atom stereocenters. The lowest BCUT2D eigenvalue weighted by atomic mass is 10.1.